The van der Waals surface area contributed by atoms with E-state index in [1.165, 1.54) is 4.72 Å². The van der Waals surface area contributed by atoms with Crippen LogP contribution in [0.4, 0.5) is 13.2 Å². The summed E-state index contributed by atoms with van der Waals surface area (Å²) >= 11 is 3.21. The molecule has 1 rings (SSSR count). The molecule has 0 bridgehead atoms. The molecule has 0 aliphatic carbocycles. The fourth-order valence-corrected chi connectivity index (χ4v) is 2.09. The van der Waals surface area contributed by atoms with Crippen molar-refractivity contribution in [3.05, 3.63) is 34.3 Å². The lowest BCUT2D eigenvalue weighted by molar-refractivity contribution is -0.121. The number of rotatable bonds is 5. The average molecular weight is 347 g/mol. The Morgan fingerprint density at radius 3 is 2.17 bits per heavy atom. The second kappa shape index (κ2) is 6.00. The molecule has 0 radical (unpaired) electrons. The van der Waals surface area contributed by atoms with Crippen molar-refractivity contribution in [2.75, 3.05) is 6.54 Å². The van der Waals surface area contributed by atoms with Gasteiger partial charge in [0.15, 0.2) is 0 Å². The van der Waals surface area contributed by atoms with Gasteiger partial charge in [0.05, 0.1) is 0 Å². The summed E-state index contributed by atoms with van der Waals surface area (Å²) in [5.41, 5.74) is 0.635. The summed E-state index contributed by atoms with van der Waals surface area (Å²) in [6.45, 7) is -1.68. The molecule has 4 nitrogen and oxygen atoms in total. The minimum absolute atomic E-state index is 0.0829. The van der Waals surface area contributed by atoms with Crippen LogP contribution in [0, 0.1) is 0 Å². The quantitative estimate of drug-likeness (QED) is 0.855. The smallest absolute Gasteiger partial charge is 0.198 e. The summed E-state index contributed by atoms with van der Waals surface area (Å²) in [6, 6.07) is 6.70. The maximum absolute atomic E-state index is 11.8. The number of halogens is 4. The van der Waals surface area contributed by atoms with Crippen molar-refractivity contribution < 1.29 is 21.6 Å². The van der Waals surface area contributed by atoms with Crippen molar-refractivity contribution in [2.24, 2.45) is 0 Å². The third-order valence-corrected chi connectivity index (χ3v) is 3.42. The number of hydrogen-bond acceptors (Lipinski definition) is 2. The van der Waals surface area contributed by atoms with E-state index in [2.05, 4.69) is 15.9 Å². The maximum Gasteiger partial charge on any atom is 0.402 e. The summed E-state index contributed by atoms with van der Waals surface area (Å²) in [5, 5.41) is 0. The number of benzene rings is 1. The van der Waals surface area contributed by atoms with E-state index in [4.69, 9.17) is 0 Å². The van der Waals surface area contributed by atoms with Crippen LogP contribution >= 0.6 is 15.9 Å². The van der Waals surface area contributed by atoms with Gasteiger partial charge in [-0.1, -0.05) is 28.1 Å². The van der Waals surface area contributed by atoms with Crippen LogP contribution in [0.2, 0.25) is 0 Å². The first-order valence-corrected chi connectivity index (χ1v) is 7.01. The molecule has 0 saturated carbocycles. The normalized spacial score (nSPS) is 12.7. The Morgan fingerprint density at radius 1 is 1.11 bits per heavy atom. The summed E-state index contributed by atoms with van der Waals surface area (Å²) in [4.78, 5) is 0. The van der Waals surface area contributed by atoms with Crippen molar-refractivity contribution in [3.8, 4) is 0 Å². The Morgan fingerprint density at radius 2 is 1.67 bits per heavy atom. The van der Waals surface area contributed by atoms with Crippen LogP contribution < -0.4 is 9.44 Å². The zero-order valence-corrected chi connectivity index (χ0v) is 11.4. The second-order valence-corrected chi connectivity index (χ2v) is 5.89. The number of alkyl halides is 3. The highest BCUT2D eigenvalue weighted by Crippen LogP contribution is 2.13. The Bertz CT molecular complexity index is 488. The van der Waals surface area contributed by atoms with Gasteiger partial charge in [0.25, 0.3) is 10.2 Å². The van der Waals surface area contributed by atoms with Crippen LogP contribution in [0.15, 0.2) is 28.7 Å². The molecule has 0 unspecified atom stereocenters. The van der Waals surface area contributed by atoms with Crippen LogP contribution in [0.5, 0.6) is 0 Å². The molecule has 0 saturated heterocycles. The third kappa shape index (κ3) is 6.34. The van der Waals surface area contributed by atoms with Gasteiger partial charge in [-0.25, -0.2) is 0 Å². The molecule has 0 heterocycles. The fourth-order valence-electron chi connectivity index (χ4n) is 1.01. The Kier molecular flexibility index (Phi) is 5.14. The van der Waals surface area contributed by atoms with E-state index < -0.39 is 22.9 Å². The van der Waals surface area contributed by atoms with Gasteiger partial charge in [0, 0.05) is 11.0 Å². The summed E-state index contributed by atoms with van der Waals surface area (Å²) in [5.74, 6) is 0. The largest absolute Gasteiger partial charge is 0.402 e. The van der Waals surface area contributed by atoms with Gasteiger partial charge in [0.2, 0.25) is 0 Å². The standard InChI is InChI=1S/C9H10BrF3N2O2S/c10-8-3-1-7(2-4-8)5-14-18(16,17)15-6-9(11,12)13/h1-4,14-15H,5-6H2. The molecule has 0 aliphatic heterocycles. The highest BCUT2D eigenvalue weighted by Gasteiger charge is 2.29. The van der Waals surface area contributed by atoms with Gasteiger partial charge in [0.1, 0.15) is 6.54 Å². The van der Waals surface area contributed by atoms with Crippen LogP contribution in [-0.4, -0.2) is 21.1 Å². The highest BCUT2D eigenvalue weighted by atomic mass is 79.9. The Labute approximate surface area is 111 Å². The topological polar surface area (TPSA) is 58.2 Å². The molecule has 9 heteroatoms. The second-order valence-electron chi connectivity index (χ2n) is 3.39. The minimum atomic E-state index is -4.58. The summed E-state index contributed by atoms with van der Waals surface area (Å²) < 4.78 is 62.1. The van der Waals surface area contributed by atoms with Gasteiger partial charge in [-0.2, -0.15) is 31.0 Å². The van der Waals surface area contributed by atoms with Crippen molar-refractivity contribution in [1.29, 1.82) is 0 Å². The van der Waals surface area contributed by atoms with E-state index in [0.717, 1.165) is 4.47 Å². The zero-order valence-electron chi connectivity index (χ0n) is 8.96. The molecule has 0 spiro atoms. The molecule has 0 aliphatic rings. The van der Waals surface area contributed by atoms with Gasteiger partial charge in [-0.3, -0.25) is 0 Å². The zero-order chi connectivity index (χ0) is 13.8. The van der Waals surface area contributed by atoms with Crippen LogP contribution in [-0.2, 0) is 16.8 Å². The fraction of sp³-hybridized carbons (Fsp3) is 0.333. The summed E-state index contributed by atoms with van der Waals surface area (Å²) in [7, 11) is -4.15. The van der Waals surface area contributed by atoms with Crippen molar-refractivity contribution in [2.45, 2.75) is 12.7 Å². The predicted molar refractivity (Wildman–Crippen MR) is 64.0 cm³/mol. The molecule has 0 aromatic heterocycles. The molecular formula is C9H10BrF3N2O2S. The van der Waals surface area contributed by atoms with Gasteiger partial charge < -0.3 is 0 Å². The van der Waals surface area contributed by atoms with Crippen molar-refractivity contribution in [1.82, 2.24) is 9.44 Å². The molecular weight excluding hydrogens is 337 g/mol. The minimum Gasteiger partial charge on any atom is -0.198 e. The predicted octanol–water partition coefficient (Wildman–Crippen LogP) is 1.94. The van der Waals surface area contributed by atoms with Crippen molar-refractivity contribution in [3.63, 3.8) is 0 Å². The number of hydrogen-bond donors (Lipinski definition) is 2. The maximum atomic E-state index is 11.8. The first kappa shape index (κ1) is 15.4. The van der Waals surface area contributed by atoms with Gasteiger partial charge in [-0.15, -0.1) is 0 Å². The van der Waals surface area contributed by atoms with E-state index >= 15 is 0 Å². The van der Waals surface area contributed by atoms with Gasteiger partial charge in [-0.05, 0) is 17.7 Å². The lowest BCUT2D eigenvalue weighted by Gasteiger charge is -2.10. The van der Waals surface area contributed by atoms with Crippen LogP contribution in [0.3, 0.4) is 0 Å². The molecule has 2 N–H and O–H groups in total. The van der Waals surface area contributed by atoms with E-state index in [1.54, 1.807) is 24.3 Å². The van der Waals surface area contributed by atoms with E-state index in [9.17, 15) is 21.6 Å². The molecule has 0 amide bonds. The lowest BCUT2D eigenvalue weighted by atomic mass is 10.2. The SMILES string of the molecule is O=S(=O)(NCc1ccc(Br)cc1)NCC(F)(F)F. The van der Waals surface area contributed by atoms with Crippen LogP contribution in [0.25, 0.3) is 0 Å². The first-order chi connectivity index (χ1) is 8.18. The lowest BCUT2D eigenvalue weighted by Crippen LogP contribution is -2.41. The summed E-state index contributed by atoms with van der Waals surface area (Å²) in [6.07, 6.45) is -4.58. The third-order valence-electron chi connectivity index (χ3n) is 1.84. The monoisotopic (exact) mass is 346 g/mol. The Hall–Kier alpha value is -0.640. The van der Waals surface area contributed by atoms with E-state index in [1.807, 2.05) is 4.72 Å². The molecule has 0 fully saturated rings. The molecule has 1 aromatic carbocycles. The Balaban J connectivity index is 2.49. The highest BCUT2D eigenvalue weighted by molar-refractivity contribution is 9.10. The average Bonchev–Trinajstić information content (AvgIpc) is 2.25. The molecule has 0 atom stereocenters. The van der Waals surface area contributed by atoms with Crippen molar-refractivity contribution >= 4 is 26.1 Å². The molecule has 1 aromatic rings. The van der Waals surface area contributed by atoms with E-state index in [-0.39, 0.29) is 6.54 Å². The first-order valence-electron chi connectivity index (χ1n) is 4.73. The van der Waals surface area contributed by atoms with Crippen LogP contribution in [0.1, 0.15) is 5.56 Å². The molecule has 102 valence electrons. The molecule has 18 heavy (non-hydrogen) atoms. The van der Waals surface area contributed by atoms with E-state index in [0.29, 0.717) is 5.56 Å². The van der Waals surface area contributed by atoms with Gasteiger partial charge >= 0.3 is 6.18 Å². The number of nitrogens with one attached hydrogen (secondary N) is 2.